The monoisotopic (exact) mass is 256 g/mol. The molecule has 0 spiro atoms. The number of likely N-dealkylation sites (tertiary alicyclic amines) is 1. The van der Waals surface area contributed by atoms with Crippen LogP contribution in [-0.4, -0.2) is 62.0 Å². The summed E-state index contributed by atoms with van der Waals surface area (Å²) >= 11 is 0. The number of nitrogens with one attached hydrogen (secondary N) is 1. The molecule has 2 aliphatic rings. The van der Waals surface area contributed by atoms with Gasteiger partial charge in [-0.05, 0) is 44.7 Å². The van der Waals surface area contributed by atoms with Crippen LogP contribution in [0.15, 0.2) is 0 Å². The molecule has 0 amide bonds. The van der Waals surface area contributed by atoms with Crippen LogP contribution in [0, 0.1) is 5.92 Å². The van der Waals surface area contributed by atoms with E-state index in [0.717, 1.165) is 25.6 Å². The molecule has 0 aromatic rings. The minimum atomic E-state index is -0.356. The number of ether oxygens (including phenoxy) is 1. The fourth-order valence-electron chi connectivity index (χ4n) is 2.40. The second-order valence-corrected chi connectivity index (χ2v) is 5.74. The molecule has 4 heteroatoms. The van der Waals surface area contributed by atoms with Gasteiger partial charge in [-0.2, -0.15) is 0 Å². The Balaban J connectivity index is 1.39. The number of aliphatic hydroxyl groups excluding tert-OH is 1. The van der Waals surface area contributed by atoms with Gasteiger partial charge in [0.1, 0.15) is 0 Å². The van der Waals surface area contributed by atoms with Gasteiger partial charge in [0, 0.05) is 26.2 Å². The summed E-state index contributed by atoms with van der Waals surface area (Å²) in [6, 6.07) is 0. The molecule has 2 N–H and O–H groups in total. The van der Waals surface area contributed by atoms with Crippen molar-refractivity contribution in [3.8, 4) is 0 Å². The lowest BCUT2D eigenvalue weighted by molar-refractivity contribution is 0.0323. The normalized spacial score (nSPS) is 23.2. The second kappa shape index (κ2) is 8.10. The molecule has 1 saturated carbocycles. The molecule has 1 aliphatic heterocycles. The highest BCUT2D eigenvalue weighted by Gasteiger charge is 2.21. The summed E-state index contributed by atoms with van der Waals surface area (Å²) in [6.45, 7) is 6.54. The van der Waals surface area contributed by atoms with Gasteiger partial charge in [-0.3, -0.25) is 0 Å². The summed E-state index contributed by atoms with van der Waals surface area (Å²) in [7, 11) is 0. The van der Waals surface area contributed by atoms with E-state index in [-0.39, 0.29) is 6.10 Å². The highest BCUT2D eigenvalue weighted by atomic mass is 16.5. The van der Waals surface area contributed by atoms with Gasteiger partial charge in [-0.25, -0.2) is 0 Å². The molecule has 106 valence electrons. The quantitative estimate of drug-likeness (QED) is 0.600. The summed E-state index contributed by atoms with van der Waals surface area (Å²) < 4.78 is 5.47. The fraction of sp³-hybridized carbons (Fsp3) is 1.00. The first-order chi connectivity index (χ1) is 8.84. The SMILES string of the molecule is OC(CNCCN1CCCCC1)COCC1CC1. The average Bonchev–Trinajstić information content (AvgIpc) is 3.20. The number of aliphatic hydroxyl groups is 1. The molecule has 1 atom stereocenters. The Morgan fingerprint density at radius 3 is 2.72 bits per heavy atom. The van der Waals surface area contributed by atoms with E-state index >= 15 is 0 Å². The van der Waals surface area contributed by atoms with E-state index in [1.54, 1.807) is 0 Å². The highest BCUT2D eigenvalue weighted by molar-refractivity contribution is 4.72. The molecule has 4 nitrogen and oxygen atoms in total. The van der Waals surface area contributed by atoms with Crippen molar-refractivity contribution in [2.75, 3.05) is 45.9 Å². The molecule has 1 saturated heterocycles. The molecule has 1 heterocycles. The molecule has 2 fully saturated rings. The standard InChI is InChI=1S/C14H28N2O2/c17-14(12-18-11-13-4-5-13)10-15-6-9-16-7-2-1-3-8-16/h13-15,17H,1-12H2. The maximum atomic E-state index is 9.72. The largest absolute Gasteiger partial charge is 0.389 e. The zero-order valence-corrected chi connectivity index (χ0v) is 11.4. The van der Waals surface area contributed by atoms with Crippen molar-refractivity contribution >= 4 is 0 Å². The van der Waals surface area contributed by atoms with Crippen LogP contribution in [0.4, 0.5) is 0 Å². The topological polar surface area (TPSA) is 44.7 Å². The first-order valence-corrected chi connectivity index (χ1v) is 7.53. The second-order valence-electron chi connectivity index (χ2n) is 5.74. The van der Waals surface area contributed by atoms with Gasteiger partial charge >= 0.3 is 0 Å². The lowest BCUT2D eigenvalue weighted by Gasteiger charge is -2.26. The summed E-state index contributed by atoms with van der Waals surface area (Å²) in [5.41, 5.74) is 0. The molecule has 0 radical (unpaired) electrons. The van der Waals surface area contributed by atoms with Crippen LogP contribution in [0.3, 0.4) is 0 Å². The predicted octanol–water partition coefficient (Wildman–Crippen LogP) is 0.849. The number of nitrogens with zero attached hydrogens (tertiary/aromatic N) is 1. The molecule has 0 bridgehead atoms. The van der Waals surface area contributed by atoms with Crippen LogP contribution in [0.25, 0.3) is 0 Å². The van der Waals surface area contributed by atoms with Gasteiger partial charge in [0.05, 0.1) is 12.7 Å². The first-order valence-electron chi connectivity index (χ1n) is 7.53. The van der Waals surface area contributed by atoms with Crippen molar-refractivity contribution < 1.29 is 9.84 Å². The maximum absolute atomic E-state index is 9.72. The Kier molecular flexibility index (Phi) is 6.41. The Hall–Kier alpha value is -0.160. The summed E-state index contributed by atoms with van der Waals surface area (Å²) in [4.78, 5) is 2.51. The van der Waals surface area contributed by atoms with E-state index < -0.39 is 0 Å². The highest BCUT2D eigenvalue weighted by Crippen LogP contribution is 2.28. The van der Waals surface area contributed by atoms with Crippen molar-refractivity contribution in [2.45, 2.75) is 38.2 Å². The van der Waals surface area contributed by atoms with Gasteiger partial charge in [0.2, 0.25) is 0 Å². The van der Waals surface area contributed by atoms with Crippen LogP contribution in [-0.2, 0) is 4.74 Å². The van der Waals surface area contributed by atoms with Gasteiger partial charge < -0.3 is 20.1 Å². The molecular weight excluding hydrogens is 228 g/mol. The molecule has 0 aromatic heterocycles. The molecule has 18 heavy (non-hydrogen) atoms. The lowest BCUT2D eigenvalue weighted by Crippen LogP contribution is -2.38. The van der Waals surface area contributed by atoms with Crippen molar-refractivity contribution in [3.63, 3.8) is 0 Å². The summed E-state index contributed by atoms with van der Waals surface area (Å²) in [6.07, 6.45) is 6.34. The lowest BCUT2D eigenvalue weighted by atomic mass is 10.1. The molecule has 2 rings (SSSR count). The summed E-state index contributed by atoms with van der Waals surface area (Å²) in [5, 5.41) is 13.0. The third kappa shape index (κ3) is 6.14. The van der Waals surface area contributed by atoms with E-state index in [9.17, 15) is 5.11 Å². The van der Waals surface area contributed by atoms with Gasteiger partial charge in [0.15, 0.2) is 0 Å². The van der Waals surface area contributed by atoms with E-state index in [4.69, 9.17) is 4.74 Å². The van der Waals surface area contributed by atoms with Crippen LogP contribution >= 0.6 is 0 Å². The minimum Gasteiger partial charge on any atom is -0.389 e. The number of piperidine rings is 1. The number of hydrogen-bond acceptors (Lipinski definition) is 4. The van der Waals surface area contributed by atoms with E-state index in [2.05, 4.69) is 10.2 Å². The smallest absolute Gasteiger partial charge is 0.0897 e. The first kappa shape index (κ1) is 14.3. The molecule has 1 unspecified atom stereocenters. The number of rotatable bonds is 9. The zero-order valence-electron chi connectivity index (χ0n) is 11.4. The van der Waals surface area contributed by atoms with E-state index in [1.165, 1.54) is 45.2 Å². The predicted molar refractivity (Wildman–Crippen MR) is 72.7 cm³/mol. The van der Waals surface area contributed by atoms with Crippen LogP contribution in [0.1, 0.15) is 32.1 Å². The Morgan fingerprint density at radius 1 is 1.22 bits per heavy atom. The Labute approximate surface area is 111 Å². The fourth-order valence-corrected chi connectivity index (χ4v) is 2.40. The van der Waals surface area contributed by atoms with Gasteiger partial charge in [-0.15, -0.1) is 0 Å². The van der Waals surface area contributed by atoms with Crippen molar-refractivity contribution in [1.29, 1.82) is 0 Å². The third-order valence-electron chi connectivity index (χ3n) is 3.79. The minimum absolute atomic E-state index is 0.356. The third-order valence-corrected chi connectivity index (χ3v) is 3.79. The molecule has 1 aliphatic carbocycles. The van der Waals surface area contributed by atoms with Gasteiger partial charge in [0.25, 0.3) is 0 Å². The Morgan fingerprint density at radius 2 is 2.00 bits per heavy atom. The number of hydrogen-bond donors (Lipinski definition) is 2. The summed E-state index contributed by atoms with van der Waals surface area (Å²) in [5.74, 6) is 0.782. The van der Waals surface area contributed by atoms with Crippen LogP contribution in [0.2, 0.25) is 0 Å². The average molecular weight is 256 g/mol. The van der Waals surface area contributed by atoms with Crippen molar-refractivity contribution in [3.05, 3.63) is 0 Å². The van der Waals surface area contributed by atoms with Crippen LogP contribution in [0.5, 0.6) is 0 Å². The molecular formula is C14H28N2O2. The van der Waals surface area contributed by atoms with E-state index in [1.807, 2.05) is 0 Å². The van der Waals surface area contributed by atoms with Crippen LogP contribution < -0.4 is 5.32 Å². The van der Waals surface area contributed by atoms with Crippen molar-refractivity contribution in [2.24, 2.45) is 5.92 Å². The van der Waals surface area contributed by atoms with Crippen molar-refractivity contribution in [1.82, 2.24) is 10.2 Å². The maximum Gasteiger partial charge on any atom is 0.0897 e. The Bertz CT molecular complexity index is 216. The van der Waals surface area contributed by atoms with E-state index in [0.29, 0.717) is 13.2 Å². The molecule has 0 aromatic carbocycles. The zero-order chi connectivity index (χ0) is 12.6. The van der Waals surface area contributed by atoms with Gasteiger partial charge in [-0.1, -0.05) is 6.42 Å².